The van der Waals surface area contributed by atoms with Crippen LogP contribution in [0.4, 0.5) is 11.4 Å². The number of carbonyl (C=O) groups excluding carboxylic acids is 2. The molecule has 0 fully saturated rings. The number of anilines is 2. The van der Waals surface area contributed by atoms with Crippen molar-refractivity contribution in [1.82, 2.24) is 5.32 Å². The molecule has 2 amide bonds. The molecule has 0 radical (unpaired) electrons. The van der Waals surface area contributed by atoms with Gasteiger partial charge in [-0.15, -0.1) is 0 Å². The minimum atomic E-state index is -0.745. The van der Waals surface area contributed by atoms with Gasteiger partial charge in [0.05, 0.1) is 6.54 Å². The van der Waals surface area contributed by atoms with Gasteiger partial charge in [0.2, 0.25) is 0 Å². The van der Waals surface area contributed by atoms with Crippen LogP contribution in [-0.2, 0) is 19.1 Å². The highest BCUT2D eigenvalue weighted by molar-refractivity contribution is 6.39. The van der Waals surface area contributed by atoms with Gasteiger partial charge in [0, 0.05) is 39.7 Å². The normalized spacial score (nSPS) is 10.3. The molecule has 0 aliphatic rings. The molecule has 0 atom stereocenters. The standard InChI is InChI=1S/C14H21N3O4/c1-17(2)11-7-5-10(6-8-11)16-14(19)13(18)15-9-12(20-3)21-4/h5-8,12H,9H2,1-4H3,(H,15,18)(H,16,19). The molecule has 0 spiro atoms. The molecule has 116 valence electrons. The number of hydrogen-bond donors (Lipinski definition) is 2. The molecule has 2 N–H and O–H groups in total. The summed E-state index contributed by atoms with van der Waals surface area (Å²) < 4.78 is 9.82. The Morgan fingerprint density at radius 1 is 1.10 bits per heavy atom. The van der Waals surface area contributed by atoms with Crippen LogP contribution in [0.25, 0.3) is 0 Å². The number of rotatable bonds is 6. The number of ether oxygens (including phenoxy) is 2. The molecule has 0 unspecified atom stereocenters. The van der Waals surface area contributed by atoms with Gasteiger partial charge >= 0.3 is 11.8 Å². The first-order valence-electron chi connectivity index (χ1n) is 6.40. The number of methoxy groups -OCH3 is 2. The van der Waals surface area contributed by atoms with Crippen molar-refractivity contribution in [2.45, 2.75) is 6.29 Å². The highest BCUT2D eigenvalue weighted by Gasteiger charge is 2.15. The van der Waals surface area contributed by atoms with Crippen LogP contribution in [-0.4, -0.2) is 53.0 Å². The first kappa shape index (κ1) is 16.9. The van der Waals surface area contributed by atoms with Crippen LogP contribution in [0.2, 0.25) is 0 Å². The van der Waals surface area contributed by atoms with Gasteiger partial charge < -0.3 is 25.0 Å². The summed E-state index contributed by atoms with van der Waals surface area (Å²) in [6.45, 7) is 0.0961. The molecule has 0 aromatic heterocycles. The highest BCUT2D eigenvalue weighted by atomic mass is 16.7. The van der Waals surface area contributed by atoms with Crippen molar-refractivity contribution >= 4 is 23.2 Å². The van der Waals surface area contributed by atoms with Crippen LogP contribution >= 0.6 is 0 Å². The van der Waals surface area contributed by atoms with E-state index in [1.807, 2.05) is 31.1 Å². The average Bonchev–Trinajstić information content (AvgIpc) is 2.48. The quantitative estimate of drug-likeness (QED) is 0.587. The van der Waals surface area contributed by atoms with Crippen molar-refractivity contribution in [3.05, 3.63) is 24.3 Å². The number of nitrogens with one attached hydrogen (secondary N) is 2. The Kier molecular flexibility index (Phi) is 6.64. The summed E-state index contributed by atoms with van der Waals surface area (Å²) in [5.41, 5.74) is 1.55. The lowest BCUT2D eigenvalue weighted by Crippen LogP contribution is -2.40. The molecule has 21 heavy (non-hydrogen) atoms. The van der Waals surface area contributed by atoms with Crippen LogP contribution in [0.5, 0.6) is 0 Å². The molecule has 1 aromatic carbocycles. The van der Waals surface area contributed by atoms with Crippen molar-refractivity contribution in [3.63, 3.8) is 0 Å². The summed E-state index contributed by atoms with van der Waals surface area (Å²) in [5.74, 6) is -1.48. The average molecular weight is 295 g/mol. The molecule has 0 saturated carbocycles. The topological polar surface area (TPSA) is 79.9 Å². The first-order valence-corrected chi connectivity index (χ1v) is 6.40. The fourth-order valence-corrected chi connectivity index (χ4v) is 1.55. The minimum absolute atomic E-state index is 0.0961. The van der Waals surface area contributed by atoms with E-state index in [4.69, 9.17) is 9.47 Å². The Bertz CT molecular complexity index is 470. The number of nitrogens with zero attached hydrogens (tertiary/aromatic N) is 1. The summed E-state index contributed by atoms with van der Waals surface area (Å²) in [5, 5.41) is 4.94. The van der Waals surface area contributed by atoms with Gasteiger partial charge in [-0.25, -0.2) is 0 Å². The lowest BCUT2D eigenvalue weighted by atomic mass is 10.2. The van der Waals surface area contributed by atoms with Gasteiger partial charge in [0.1, 0.15) is 0 Å². The van der Waals surface area contributed by atoms with E-state index in [0.717, 1.165) is 5.69 Å². The second-order valence-electron chi connectivity index (χ2n) is 4.51. The van der Waals surface area contributed by atoms with Crippen molar-refractivity contribution in [1.29, 1.82) is 0 Å². The lowest BCUT2D eigenvalue weighted by Gasteiger charge is -2.14. The third-order valence-corrected chi connectivity index (χ3v) is 2.80. The van der Waals surface area contributed by atoms with Gasteiger partial charge in [0.15, 0.2) is 6.29 Å². The second kappa shape index (κ2) is 8.23. The second-order valence-corrected chi connectivity index (χ2v) is 4.51. The predicted molar refractivity (Wildman–Crippen MR) is 80.2 cm³/mol. The molecule has 7 nitrogen and oxygen atoms in total. The lowest BCUT2D eigenvalue weighted by molar-refractivity contribution is -0.139. The molecule has 0 heterocycles. The number of hydrogen-bond acceptors (Lipinski definition) is 5. The molecule has 1 rings (SSSR count). The SMILES string of the molecule is COC(CNC(=O)C(=O)Nc1ccc(N(C)C)cc1)OC. The smallest absolute Gasteiger partial charge is 0.313 e. The van der Waals surface area contributed by atoms with Crippen molar-refractivity contribution in [2.75, 3.05) is 45.1 Å². The summed E-state index contributed by atoms with van der Waals surface area (Å²) in [6.07, 6.45) is -0.582. The van der Waals surface area contributed by atoms with E-state index in [0.29, 0.717) is 5.69 Å². The molecule has 0 saturated heterocycles. The van der Waals surface area contributed by atoms with Crippen LogP contribution in [0.1, 0.15) is 0 Å². The fraction of sp³-hybridized carbons (Fsp3) is 0.429. The fourth-order valence-electron chi connectivity index (χ4n) is 1.55. The zero-order valence-electron chi connectivity index (χ0n) is 12.7. The van der Waals surface area contributed by atoms with Crippen LogP contribution in [0, 0.1) is 0 Å². The Morgan fingerprint density at radius 2 is 1.67 bits per heavy atom. The maximum Gasteiger partial charge on any atom is 0.313 e. The summed E-state index contributed by atoms with van der Waals surface area (Å²) in [6, 6.07) is 7.15. The van der Waals surface area contributed by atoms with E-state index in [9.17, 15) is 9.59 Å². The largest absolute Gasteiger partial charge is 0.378 e. The molecular formula is C14H21N3O4. The van der Waals surface area contributed by atoms with E-state index in [1.54, 1.807) is 12.1 Å². The summed E-state index contributed by atoms with van der Waals surface area (Å²) in [7, 11) is 6.74. The van der Waals surface area contributed by atoms with Gasteiger partial charge in [0.25, 0.3) is 0 Å². The maximum atomic E-state index is 11.7. The molecule has 0 aliphatic heterocycles. The zero-order valence-corrected chi connectivity index (χ0v) is 12.7. The Balaban J connectivity index is 2.50. The van der Waals surface area contributed by atoms with E-state index in [-0.39, 0.29) is 6.54 Å². The first-order chi connectivity index (χ1) is 9.97. The number of carbonyl (C=O) groups is 2. The third-order valence-electron chi connectivity index (χ3n) is 2.80. The predicted octanol–water partition coefficient (Wildman–Crippen LogP) is 0.426. The third kappa shape index (κ3) is 5.41. The number of amides is 2. The monoisotopic (exact) mass is 295 g/mol. The van der Waals surface area contributed by atoms with Gasteiger partial charge in [-0.2, -0.15) is 0 Å². The van der Waals surface area contributed by atoms with Crippen LogP contribution in [0.3, 0.4) is 0 Å². The highest BCUT2D eigenvalue weighted by Crippen LogP contribution is 2.15. The molecule has 7 heteroatoms. The van der Waals surface area contributed by atoms with Crippen LogP contribution in [0.15, 0.2) is 24.3 Å². The van der Waals surface area contributed by atoms with E-state index >= 15 is 0 Å². The molecular weight excluding hydrogens is 274 g/mol. The van der Waals surface area contributed by atoms with Crippen molar-refractivity contribution in [3.8, 4) is 0 Å². The van der Waals surface area contributed by atoms with Crippen LogP contribution < -0.4 is 15.5 Å². The van der Waals surface area contributed by atoms with Gasteiger partial charge in [-0.1, -0.05) is 0 Å². The van der Waals surface area contributed by atoms with Gasteiger partial charge in [-0.05, 0) is 24.3 Å². The number of benzene rings is 1. The Hall–Kier alpha value is -2.12. The van der Waals surface area contributed by atoms with E-state index < -0.39 is 18.1 Å². The minimum Gasteiger partial charge on any atom is -0.378 e. The van der Waals surface area contributed by atoms with Crippen molar-refractivity contribution in [2.24, 2.45) is 0 Å². The van der Waals surface area contributed by atoms with Crippen molar-refractivity contribution < 1.29 is 19.1 Å². The summed E-state index contributed by atoms with van der Waals surface area (Å²) >= 11 is 0. The summed E-state index contributed by atoms with van der Waals surface area (Å²) in [4.78, 5) is 25.3. The molecule has 0 bridgehead atoms. The van der Waals surface area contributed by atoms with Gasteiger partial charge in [-0.3, -0.25) is 9.59 Å². The van der Waals surface area contributed by atoms with E-state index in [1.165, 1.54) is 14.2 Å². The zero-order chi connectivity index (χ0) is 15.8. The van der Waals surface area contributed by atoms with E-state index in [2.05, 4.69) is 10.6 Å². The Labute approximate surface area is 124 Å². The maximum absolute atomic E-state index is 11.7. The molecule has 1 aromatic rings. The Morgan fingerprint density at radius 3 is 2.14 bits per heavy atom. The molecule has 0 aliphatic carbocycles.